The summed E-state index contributed by atoms with van der Waals surface area (Å²) in [6.45, 7) is 3.86. The van der Waals surface area contributed by atoms with Crippen LogP contribution in [0.15, 0.2) is 54.6 Å². The third-order valence-corrected chi connectivity index (χ3v) is 4.93. The quantitative estimate of drug-likeness (QED) is 0.874. The van der Waals surface area contributed by atoms with Crippen molar-refractivity contribution in [1.82, 2.24) is 5.32 Å². The van der Waals surface area contributed by atoms with E-state index in [1.54, 1.807) is 19.1 Å². The maximum absolute atomic E-state index is 12.4. The molecular weight excluding hydrogens is 324 g/mol. The van der Waals surface area contributed by atoms with Crippen LogP contribution in [-0.4, -0.2) is 26.6 Å². The zero-order valence-corrected chi connectivity index (χ0v) is 14.9. The van der Waals surface area contributed by atoms with Crippen LogP contribution in [-0.2, 0) is 21.4 Å². The number of rotatable bonds is 6. The number of benzene rings is 2. The molecule has 24 heavy (non-hydrogen) atoms. The average molecular weight is 346 g/mol. The summed E-state index contributed by atoms with van der Waals surface area (Å²) >= 11 is 0. The Hall–Kier alpha value is -2.34. The van der Waals surface area contributed by atoms with Gasteiger partial charge in [0.2, 0.25) is 15.9 Å². The van der Waals surface area contributed by atoms with Gasteiger partial charge in [-0.2, -0.15) is 0 Å². The van der Waals surface area contributed by atoms with Gasteiger partial charge in [-0.3, -0.25) is 9.10 Å². The zero-order chi connectivity index (χ0) is 17.7. The summed E-state index contributed by atoms with van der Waals surface area (Å²) in [6, 6.07) is 15.7. The van der Waals surface area contributed by atoms with Crippen LogP contribution in [0, 0.1) is 6.92 Å². The van der Waals surface area contributed by atoms with Crippen molar-refractivity contribution < 1.29 is 13.2 Å². The van der Waals surface area contributed by atoms with Crippen LogP contribution in [0.3, 0.4) is 0 Å². The van der Waals surface area contributed by atoms with Crippen LogP contribution in [0.1, 0.15) is 18.1 Å². The second-order valence-corrected chi connectivity index (χ2v) is 7.63. The van der Waals surface area contributed by atoms with Crippen LogP contribution in [0.25, 0.3) is 0 Å². The van der Waals surface area contributed by atoms with E-state index in [2.05, 4.69) is 5.32 Å². The monoisotopic (exact) mass is 346 g/mol. The lowest BCUT2D eigenvalue weighted by atomic mass is 10.2. The molecule has 1 N–H and O–H groups in total. The molecule has 0 aromatic heterocycles. The van der Waals surface area contributed by atoms with E-state index < -0.39 is 16.1 Å². The fourth-order valence-corrected chi connectivity index (χ4v) is 3.61. The molecule has 0 fully saturated rings. The van der Waals surface area contributed by atoms with Crippen molar-refractivity contribution in [2.75, 3.05) is 10.6 Å². The van der Waals surface area contributed by atoms with Gasteiger partial charge in [-0.1, -0.05) is 48.0 Å². The molecule has 5 nitrogen and oxygen atoms in total. The Morgan fingerprint density at radius 1 is 1.08 bits per heavy atom. The highest BCUT2D eigenvalue weighted by Gasteiger charge is 2.28. The van der Waals surface area contributed by atoms with Gasteiger partial charge in [-0.15, -0.1) is 0 Å². The van der Waals surface area contributed by atoms with Crippen LogP contribution in [0.5, 0.6) is 0 Å². The van der Waals surface area contributed by atoms with Gasteiger partial charge in [-0.25, -0.2) is 8.42 Å². The maximum atomic E-state index is 12.4. The molecule has 0 bridgehead atoms. The number of anilines is 1. The number of sulfonamides is 1. The van der Waals surface area contributed by atoms with Crippen molar-refractivity contribution in [1.29, 1.82) is 0 Å². The number of amides is 1. The van der Waals surface area contributed by atoms with Gasteiger partial charge < -0.3 is 5.32 Å². The van der Waals surface area contributed by atoms with Crippen LogP contribution < -0.4 is 9.62 Å². The van der Waals surface area contributed by atoms with E-state index in [1.165, 1.54) is 0 Å². The molecule has 0 radical (unpaired) electrons. The third kappa shape index (κ3) is 4.58. The minimum atomic E-state index is -3.59. The molecular formula is C18H22N2O3S. The number of nitrogens with one attached hydrogen (secondary N) is 1. The van der Waals surface area contributed by atoms with Crippen LogP contribution >= 0.6 is 0 Å². The SMILES string of the molecule is Cc1ccc(N(C(C)C(=O)NCc2ccccc2)S(C)(=O)=O)cc1. The van der Waals surface area contributed by atoms with Gasteiger partial charge in [0.1, 0.15) is 6.04 Å². The summed E-state index contributed by atoms with van der Waals surface area (Å²) in [5.41, 5.74) is 2.46. The number of nitrogens with zero attached hydrogens (tertiary/aromatic N) is 1. The molecule has 6 heteroatoms. The molecule has 2 aromatic rings. The Morgan fingerprint density at radius 2 is 1.67 bits per heavy atom. The normalized spacial score (nSPS) is 12.5. The van der Waals surface area contributed by atoms with Crippen molar-refractivity contribution in [3.05, 3.63) is 65.7 Å². The minimum absolute atomic E-state index is 0.343. The molecule has 1 amide bonds. The highest BCUT2D eigenvalue weighted by Crippen LogP contribution is 2.21. The van der Waals surface area contributed by atoms with Gasteiger partial charge >= 0.3 is 0 Å². The summed E-state index contributed by atoms with van der Waals surface area (Å²) in [5, 5.41) is 2.79. The van der Waals surface area contributed by atoms with Crippen LogP contribution in [0.2, 0.25) is 0 Å². The van der Waals surface area contributed by atoms with Crippen molar-refractivity contribution in [3.8, 4) is 0 Å². The summed E-state index contributed by atoms with van der Waals surface area (Å²) in [5.74, 6) is -0.343. The van der Waals surface area contributed by atoms with E-state index in [1.807, 2.05) is 49.4 Å². The predicted molar refractivity (Wildman–Crippen MR) is 96.3 cm³/mol. The summed E-state index contributed by atoms with van der Waals surface area (Å²) in [4.78, 5) is 12.4. The first kappa shape index (κ1) is 18.0. The molecule has 0 heterocycles. The molecule has 0 aliphatic heterocycles. The van der Waals surface area contributed by atoms with Gasteiger partial charge in [0, 0.05) is 6.54 Å². The first-order chi connectivity index (χ1) is 11.3. The average Bonchev–Trinajstić information content (AvgIpc) is 2.54. The summed E-state index contributed by atoms with van der Waals surface area (Å²) in [7, 11) is -3.59. The Morgan fingerprint density at radius 3 is 2.21 bits per heavy atom. The van der Waals surface area contributed by atoms with E-state index in [4.69, 9.17) is 0 Å². The molecule has 0 saturated carbocycles. The third-order valence-electron chi connectivity index (χ3n) is 3.69. The van der Waals surface area contributed by atoms with Gasteiger partial charge in [-0.05, 0) is 31.5 Å². The second kappa shape index (κ2) is 7.49. The molecule has 128 valence electrons. The molecule has 0 aliphatic rings. The molecule has 1 unspecified atom stereocenters. The molecule has 2 rings (SSSR count). The number of carbonyl (C=O) groups is 1. The highest BCUT2D eigenvalue weighted by atomic mass is 32.2. The lowest BCUT2D eigenvalue weighted by Gasteiger charge is -2.28. The smallest absolute Gasteiger partial charge is 0.243 e. The number of carbonyl (C=O) groups excluding carboxylic acids is 1. The molecule has 2 aromatic carbocycles. The lowest BCUT2D eigenvalue weighted by molar-refractivity contribution is -0.122. The molecule has 0 aliphatic carbocycles. The van der Waals surface area contributed by atoms with E-state index in [-0.39, 0.29) is 5.91 Å². The number of hydrogen-bond acceptors (Lipinski definition) is 3. The Labute approximate surface area is 143 Å². The Bertz CT molecular complexity index is 787. The number of aryl methyl sites for hydroxylation is 1. The lowest BCUT2D eigenvalue weighted by Crippen LogP contribution is -2.47. The predicted octanol–water partition coefficient (Wildman–Crippen LogP) is 2.47. The molecule has 0 spiro atoms. The van der Waals surface area contributed by atoms with Crippen molar-refractivity contribution in [2.45, 2.75) is 26.4 Å². The summed E-state index contributed by atoms with van der Waals surface area (Å²) in [6.07, 6.45) is 1.10. The number of hydrogen-bond donors (Lipinski definition) is 1. The van der Waals surface area contributed by atoms with E-state index in [0.717, 1.165) is 21.7 Å². The maximum Gasteiger partial charge on any atom is 0.243 e. The summed E-state index contributed by atoms with van der Waals surface area (Å²) < 4.78 is 25.5. The van der Waals surface area contributed by atoms with E-state index >= 15 is 0 Å². The first-order valence-corrected chi connectivity index (χ1v) is 9.51. The van der Waals surface area contributed by atoms with Crippen molar-refractivity contribution >= 4 is 21.6 Å². The topological polar surface area (TPSA) is 66.5 Å². The van der Waals surface area contributed by atoms with Crippen molar-refractivity contribution in [2.24, 2.45) is 0 Å². The van der Waals surface area contributed by atoms with Crippen molar-refractivity contribution in [3.63, 3.8) is 0 Å². The Kier molecular flexibility index (Phi) is 5.62. The fourth-order valence-electron chi connectivity index (χ4n) is 2.43. The second-order valence-electron chi connectivity index (χ2n) is 5.77. The van der Waals surface area contributed by atoms with Gasteiger partial charge in [0.05, 0.1) is 11.9 Å². The fraction of sp³-hybridized carbons (Fsp3) is 0.278. The van der Waals surface area contributed by atoms with Gasteiger partial charge in [0.15, 0.2) is 0 Å². The van der Waals surface area contributed by atoms with Gasteiger partial charge in [0.25, 0.3) is 0 Å². The van der Waals surface area contributed by atoms with Crippen LogP contribution in [0.4, 0.5) is 5.69 Å². The highest BCUT2D eigenvalue weighted by molar-refractivity contribution is 7.92. The molecule has 1 atom stereocenters. The minimum Gasteiger partial charge on any atom is -0.350 e. The van der Waals surface area contributed by atoms with E-state index in [9.17, 15) is 13.2 Å². The standard InChI is InChI=1S/C18H22N2O3S/c1-14-9-11-17(12-10-14)20(24(3,22)23)15(2)18(21)19-13-16-7-5-4-6-8-16/h4-12,15H,13H2,1-3H3,(H,19,21). The largest absolute Gasteiger partial charge is 0.350 e. The first-order valence-electron chi connectivity index (χ1n) is 7.67. The Balaban J connectivity index is 2.17. The molecule has 0 saturated heterocycles. The van der Waals surface area contributed by atoms with E-state index in [0.29, 0.717) is 12.2 Å². The zero-order valence-electron chi connectivity index (χ0n) is 14.1.